The number of carbonyl (C=O) groups is 1. The minimum absolute atomic E-state index is 0.0551. The van der Waals surface area contributed by atoms with Gasteiger partial charge < -0.3 is 10.0 Å². The molecule has 0 spiro atoms. The molecule has 0 radical (unpaired) electrons. The number of para-hydroxylation sites is 1. The van der Waals surface area contributed by atoms with Gasteiger partial charge in [-0.2, -0.15) is 0 Å². The van der Waals surface area contributed by atoms with E-state index in [0.29, 0.717) is 6.54 Å². The van der Waals surface area contributed by atoms with Crippen molar-refractivity contribution in [1.82, 2.24) is 9.88 Å². The molecule has 122 valence electrons. The molecule has 0 fully saturated rings. The third-order valence-electron chi connectivity index (χ3n) is 3.60. The minimum atomic E-state index is -0.799. The third kappa shape index (κ3) is 5.07. The summed E-state index contributed by atoms with van der Waals surface area (Å²) < 4.78 is 0. The molecule has 0 unspecified atom stereocenters. The zero-order chi connectivity index (χ0) is 16.7. The molecule has 2 aromatic rings. The fourth-order valence-electron chi connectivity index (χ4n) is 2.47. The van der Waals surface area contributed by atoms with Crippen molar-refractivity contribution in [3.8, 4) is 0 Å². The standard InChI is InChI=1S/C18H23N3O2/c1-3-11-21(14-18(22)23)13-15-9-10-17(19-12-15)20(2)16-7-5-4-6-8-16/h4-10,12H,3,11,13-14H2,1-2H3,(H,22,23). The Bertz CT molecular complexity index is 614. The summed E-state index contributed by atoms with van der Waals surface area (Å²) in [5.74, 6) is 0.0621. The highest BCUT2D eigenvalue weighted by Gasteiger charge is 2.10. The molecule has 1 aromatic heterocycles. The summed E-state index contributed by atoms with van der Waals surface area (Å²) in [7, 11) is 1.98. The smallest absolute Gasteiger partial charge is 0.317 e. The number of aromatic nitrogens is 1. The lowest BCUT2D eigenvalue weighted by atomic mass is 10.2. The van der Waals surface area contributed by atoms with Gasteiger partial charge in [0.2, 0.25) is 0 Å². The number of anilines is 2. The molecule has 1 heterocycles. The predicted molar refractivity (Wildman–Crippen MR) is 91.9 cm³/mol. The number of carboxylic acids is 1. The van der Waals surface area contributed by atoms with Crippen LogP contribution in [0.5, 0.6) is 0 Å². The Hall–Kier alpha value is -2.40. The van der Waals surface area contributed by atoms with Crippen LogP contribution in [-0.2, 0) is 11.3 Å². The zero-order valence-electron chi connectivity index (χ0n) is 13.6. The molecule has 0 amide bonds. The number of nitrogens with zero attached hydrogens (tertiary/aromatic N) is 3. The molecule has 5 nitrogen and oxygen atoms in total. The van der Waals surface area contributed by atoms with E-state index in [1.165, 1.54) is 0 Å². The molecule has 0 aliphatic carbocycles. The van der Waals surface area contributed by atoms with Crippen LogP contribution in [0.1, 0.15) is 18.9 Å². The molecule has 5 heteroatoms. The zero-order valence-corrected chi connectivity index (χ0v) is 13.6. The van der Waals surface area contributed by atoms with Crippen molar-refractivity contribution in [1.29, 1.82) is 0 Å². The molecule has 1 aromatic carbocycles. The Labute approximate surface area is 137 Å². The lowest BCUT2D eigenvalue weighted by molar-refractivity contribution is -0.138. The van der Waals surface area contributed by atoms with Crippen LogP contribution in [0.15, 0.2) is 48.7 Å². The highest BCUT2D eigenvalue weighted by atomic mass is 16.4. The van der Waals surface area contributed by atoms with Gasteiger partial charge in [-0.1, -0.05) is 31.2 Å². The van der Waals surface area contributed by atoms with Gasteiger partial charge in [0.15, 0.2) is 0 Å². The molecule has 23 heavy (non-hydrogen) atoms. The number of pyridine rings is 1. The van der Waals surface area contributed by atoms with Crippen LogP contribution in [0.4, 0.5) is 11.5 Å². The average molecular weight is 313 g/mol. The van der Waals surface area contributed by atoms with Crippen LogP contribution in [0, 0.1) is 0 Å². The first-order chi connectivity index (χ1) is 11.1. The average Bonchev–Trinajstić information content (AvgIpc) is 2.55. The first-order valence-corrected chi connectivity index (χ1v) is 7.78. The first kappa shape index (κ1) is 17.0. The van der Waals surface area contributed by atoms with Crippen LogP contribution in [0.25, 0.3) is 0 Å². The number of carboxylic acid groups (broad SMARTS) is 1. The van der Waals surface area contributed by atoms with Crippen LogP contribution in [0.3, 0.4) is 0 Å². The Morgan fingerprint density at radius 1 is 1.17 bits per heavy atom. The fourth-order valence-corrected chi connectivity index (χ4v) is 2.47. The van der Waals surface area contributed by atoms with Crippen molar-refractivity contribution < 1.29 is 9.90 Å². The molecular weight excluding hydrogens is 290 g/mol. The summed E-state index contributed by atoms with van der Waals surface area (Å²) in [5.41, 5.74) is 2.09. The SMILES string of the molecule is CCCN(CC(=O)O)Cc1ccc(N(C)c2ccccc2)nc1. The molecule has 0 bridgehead atoms. The van der Waals surface area contributed by atoms with E-state index in [0.717, 1.165) is 30.0 Å². The van der Waals surface area contributed by atoms with E-state index in [4.69, 9.17) is 5.11 Å². The second-order valence-corrected chi connectivity index (χ2v) is 5.52. The van der Waals surface area contributed by atoms with Crippen molar-refractivity contribution in [3.63, 3.8) is 0 Å². The van der Waals surface area contributed by atoms with Crippen molar-refractivity contribution in [3.05, 3.63) is 54.2 Å². The lowest BCUT2D eigenvalue weighted by Crippen LogP contribution is -2.30. The fraction of sp³-hybridized carbons (Fsp3) is 0.333. The van der Waals surface area contributed by atoms with E-state index < -0.39 is 5.97 Å². The Balaban J connectivity index is 2.05. The molecule has 0 saturated carbocycles. The van der Waals surface area contributed by atoms with Gasteiger partial charge in [-0.25, -0.2) is 4.98 Å². The van der Waals surface area contributed by atoms with Crippen LogP contribution < -0.4 is 4.90 Å². The minimum Gasteiger partial charge on any atom is -0.480 e. The Kier molecular flexibility index (Phi) is 6.11. The first-order valence-electron chi connectivity index (χ1n) is 7.78. The number of hydrogen-bond donors (Lipinski definition) is 1. The summed E-state index contributed by atoms with van der Waals surface area (Å²) >= 11 is 0. The largest absolute Gasteiger partial charge is 0.480 e. The van der Waals surface area contributed by atoms with Crippen molar-refractivity contribution >= 4 is 17.5 Å². The maximum atomic E-state index is 10.9. The van der Waals surface area contributed by atoms with E-state index in [1.807, 2.05) is 72.4 Å². The lowest BCUT2D eigenvalue weighted by Gasteiger charge is -2.21. The van der Waals surface area contributed by atoms with Gasteiger partial charge in [0.1, 0.15) is 5.82 Å². The molecule has 1 N–H and O–H groups in total. The molecule has 0 atom stereocenters. The summed E-state index contributed by atoms with van der Waals surface area (Å²) in [6.45, 7) is 3.46. The second-order valence-electron chi connectivity index (χ2n) is 5.52. The Morgan fingerprint density at radius 3 is 2.48 bits per heavy atom. The van der Waals surface area contributed by atoms with Crippen LogP contribution >= 0.6 is 0 Å². The van der Waals surface area contributed by atoms with E-state index in [1.54, 1.807) is 0 Å². The van der Waals surface area contributed by atoms with E-state index in [9.17, 15) is 4.79 Å². The van der Waals surface area contributed by atoms with Crippen molar-refractivity contribution in [2.24, 2.45) is 0 Å². The Morgan fingerprint density at radius 2 is 1.91 bits per heavy atom. The van der Waals surface area contributed by atoms with Gasteiger partial charge in [-0.05, 0) is 36.7 Å². The number of benzene rings is 1. The van der Waals surface area contributed by atoms with Crippen LogP contribution in [0.2, 0.25) is 0 Å². The summed E-state index contributed by atoms with van der Waals surface area (Å²) in [5, 5.41) is 8.97. The van der Waals surface area contributed by atoms with Crippen molar-refractivity contribution in [2.45, 2.75) is 19.9 Å². The van der Waals surface area contributed by atoms with Gasteiger partial charge in [0.25, 0.3) is 0 Å². The maximum absolute atomic E-state index is 10.9. The molecule has 0 saturated heterocycles. The van der Waals surface area contributed by atoms with E-state index >= 15 is 0 Å². The molecule has 0 aliphatic rings. The monoisotopic (exact) mass is 313 g/mol. The van der Waals surface area contributed by atoms with Crippen molar-refractivity contribution in [2.75, 3.05) is 25.0 Å². The van der Waals surface area contributed by atoms with Gasteiger partial charge in [0.05, 0.1) is 6.54 Å². The normalized spacial score (nSPS) is 10.7. The third-order valence-corrected chi connectivity index (χ3v) is 3.60. The maximum Gasteiger partial charge on any atom is 0.317 e. The summed E-state index contributed by atoms with van der Waals surface area (Å²) in [6.07, 6.45) is 2.74. The molecular formula is C18H23N3O2. The summed E-state index contributed by atoms with van der Waals surface area (Å²) in [6, 6.07) is 14.0. The highest BCUT2D eigenvalue weighted by molar-refractivity contribution is 5.69. The number of rotatable bonds is 8. The van der Waals surface area contributed by atoms with Gasteiger partial charge >= 0.3 is 5.97 Å². The number of aliphatic carboxylic acids is 1. The quantitative estimate of drug-likeness (QED) is 0.811. The van der Waals surface area contributed by atoms with Gasteiger partial charge in [-0.15, -0.1) is 0 Å². The second kappa shape index (κ2) is 8.29. The topological polar surface area (TPSA) is 56.7 Å². The summed E-state index contributed by atoms with van der Waals surface area (Å²) in [4.78, 5) is 19.3. The predicted octanol–water partition coefficient (Wildman–Crippen LogP) is 3.15. The van der Waals surface area contributed by atoms with Gasteiger partial charge in [0, 0.05) is 25.5 Å². The van der Waals surface area contributed by atoms with Gasteiger partial charge in [-0.3, -0.25) is 9.69 Å². The van der Waals surface area contributed by atoms with Crippen LogP contribution in [-0.4, -0.2) is 41.1 Å². The molecule has 2 rings (SSSR count). The number of hydrogen-bond acceptors (Lipinski definition) is 4. The van der Waals surface area contributed by atoms with E-state index in [2.05, 4.69) is 4.98 Å². The highest BCUT2D eigenvalue weighted by Crippen LogP contribution is 2.21. The molecule has 0 aliphatic heterocycles. The van der Waals surface area contributed by atoms with E-state index in [-0.39, 0.29) is 6.54 Å².